The molecule has 2 rings (SSSR count). The van der Waals surface area contributed by atoms with Crippen LogP contribution in [-0.4, -0.2) is 13.1 Å². The van der Waals surface area contributed by atoms with Gasteiger partial charge in [-0.2, -0.15) is 5.01 Å². The molecule has 0 N–H and O–H groups in total. The van der Waals surface area contributed by atoms with Crippen molar-refractivity contribution in [3.8, 4) is 0 Å². The minimum atomic E-state index is 1.20. The average Bonchev–Trinajstić information content (AvgIpc) is 2.58. The minimum Gasteiger partial charge on any atom is -0.181 e. The predicted octanol–water partition coefficient (Wildman–Crippen LogP) is 0.706. The summed E-state index contributed by atoms with van der Waals surface area (Å²) in [4.78, 5) is 0. The van der Waals surface area contributed by atoms with Gasteiger partial charge in [0.15, 0.2) is 12.4 Å². The molecule has 0 radical (unpaired) electrons. The Kier molecular flexibility index (Phi) is 1.76. The van der Waals surface area contributed by atoms with Crippen molar-refractivity contribution in [2.45, 2.75) is 12.8 Å². The van der Waals surface area contributed by atoms with Gasteiger partial charge in [0.2, 0.25) is 0 Å². The van der Waals surface area contributed by atoms with E-state index in [-0.39, 0.29) is 0 Å². The van der Waals surface area contributed by atoms with E-state index in [9.17, 15) is 0 Å². The molecule has 0 spiro atoms. The third kappa shape index (κ3) is 1.34. The van der Waals surface area contributed by atoms with Crippen LogP contribution in [-0.2, 0) is 0 Å². The van der Waals surface area contributed by atoms with Gasteiger partial charge in [0, 0.05) is 12.1 Å². The minimum absolute atomic E-state index is 1.20. The van der Waals surface area contributed by atoms with Gasteiger partial charge in [-0.25, -0.2) is 0 Å². The lowest BCUT2D eigenvalue weighted by molar-refractivity contribution is -0.691. The van der Waals surface area contributed by atoms with Gasteiger partial charge in [0.05, 0.1) is 13.1 Å². The van der Waals surface area contributed by atoms with Gasteiger partial charge in [-0.3, -0.25) is 0 Å². The number of pyridine rings is 1. The highest BCUT2D eigenvalue weighted by molar-refractivity contribution is 4.86. The summed E-state index contributed by atoms with van der Waals surface area (Å²) in [6.45, 7) is 2.41. The highest BCUT2D eigenvalue weighted by Gasteiger charge is 2.16. The van der Waals surface area contributed by atoms with Crippen LogP contribution in [0.4, 0.5) is 0 Å². The molecule has 0 aliphatic carbocycles. The maximum absolute atomic E-state index is 2.36. The van der Waals surface area contributed by atoms with Crippen molar-refractivity contribution in [2.24, 2.45) is 0 Å². The fourth-order valence-electron chi connectivity index (χ4n) is 1.51. The number of aromatic nitrogens is 1. The van der Waals surface area contributed by atoms with Gasteiger partial charge in [-0.1, -0.05) is 10.7 Å². The summed E-state index contributed by atoms with van der Waals surface area (Å²) < 4.78 is 2.17. The summed E-state index contributed by atoms with van der Waals surface area (Å²) in [6, 6.07) is 6.18. The number of hydrogen-bond donors (Lipinski definition) is 0. The largest absolute Gasteiger partial charge is 0.199 e. The SMILES string of the molecule is c1cc[n+](N2CCCC2)cc1. The van der Waals surface area contributed by atoms with Gasteiger partial charge in [-0.05, 0) is 12.8 Å². The van der Waals surface area contributed by atoms with Crippen molar-refractivity contribution in [1.82, 2.24) is 0 Å². The van der Waals surface area contributed by atoms with E-state index in [2.05, 4.69) is 34.2 Å². The van der Waals surface area contributed by atoms with Crippen molar-refractivity contribution in [1.29, 1.82) is 0 Å². The molecule has 0 aromatic carbocycles. The first-order valence-corrected chi connectivity index (χ1v) is 4.18. The molecule has 0 amide bonds. The molecular weight excluding hydrogens is 136 g/mol. The Morgan fingerprint density at radius 3 is 2.18 bits per heavy atom. The smallest absolute Gasteiger partial charge is 0.181 e. The molecule has 11 heavy (non-hydrogen) atoms. The summed E-state index contributed by atoms with van der Waals surface area (Å²) in [5.74, 6) is 0. The first-order chi connectivity index (χ1) is 5.47. The van der Waals surface area contributed by atoms with E-state index in [4.69, 9.17) is 0 Å². The molecule has 1 fully saturated rings. The van der Waals surface area contributed by atoms with Crippen molar-refractivity contribution >= 4 is 0 Å². The van der Waals surface area contributed by atoms with E-state index in [0.717, 1.165) is 0 Å². The molecule has 0 saturated carbocycles. The molecule has 1 aromatic rings. The third-order valence-corrected chi connectivity index (χ3v) is 2.11. The Morgan fingerprint density at radius 1 is 0.909 bits per heavy atom. The highest BCUT2D eigenvalue weighted by Crippen LogP contribution is 2.00. The predicted molar refractivity (Wildman–Crippen MR) is 43.8 cm³/mol. The average molecular weight is 149 g/mol. The molecule has 1 aliphatic heterocycles. The maximum Gasteiger partial charge on any atom is 0.199 e. The number of nitrogens with zero attached hydrogens (tertiary/aromatic N) is 2. The van der Waals surface area contributed by atoms with Crippen molar-refractivity contribution in [3.63, 3.8) is 0 Å². The second-order valence-corrected chi connectivity index (χ2v) is 2.92. The molecule has 1 aliphatic rings. The molecule has 2 nitrogen and oxygen atoms in total. The molecule has 2 heterocycles. The van der Waals surface area contributed by atoms with E-state index < -0.39 is 0 Å². The molecule has 1 saturated heterocycles. The molecule has 2 heteroatoms. The summed E-state index contributed by atoms with van der Waals surface area (Å²) in [7, 11) is 0. The van der Waals surface area contributed by atoms with Gasteiger partial charge in [0.1, 0.15) is 0 Å². The lowest BCUT2D eigenvalue weighted by Gasteiger charge is -2.08. The van der Waals surface area contributed by atoms with E-state index in [1.807, 2.05) is 6.07 Å². The van der Waals surface area contributed by atoms with Crippen LogP contribution in [0, 0.1) is 0 Å². The second kappa shape index (κ2) is 2.91. The van der Waals surface area contributed by atoms with Crippen molar-refractivity contribution in [3.05, 3.63) is 30.6 Å². The molecule has 1 aromatic heterocycles. The van der Waals surface area contributed by atoms with Crippen LogP contribution in [0.3, 0.4) is 0 Å². The zero-order valence-corrected chi connectivity index (χ0v) is 6.61. The van der Waals surface area contributed by atoms with Crippen LogP contribution >= 0.6 is 0 Å². The van der Waals surface area contributed by atoms with Gasteiger partial charge in [-0.15, -0.1) is 0 Å². The van der Waals surface area contributed by atoms with E-state index >= 15 is 0 Å². The van der Waals surface area contributed by atoms with Crippen molar-refractivity contribution < 1.29 is 4.68 Å². The second-order valence-electron chi connectivity index (χ2n) is 2.92. The van der Waals surface area contributed by atoms with Crippen LogP contribution in [0.25, 0.3) is 0 Å². The fourth-order valence-corrected chi connectivity index (χ4v) is 1.51. The Labute approximate surface area is 67.0 Å². The Balaban J connectivity index is 2.16. The van der Waals surface area contributed by atoms with Gasteiger partial charge < -0.3 is 0 Å². The summed E-state index contributed by atoms with van der Waals surface area (Å²) in [5, 5.41) is 2.36. The normalized spacial score (nSPS) is 17.3. The van der Waals surface area contributed by atoms with E-state index in [1.54, 1.807) is 0 Å². The van der Waals surface area contributed by atoms with Crippen LogP contribution in [0.5, 0.6) is 0 Å². The van der Waals surface area contributed by atoms with Gasteiger partial charge in [0.25, 0.3) is 0 Å². The lowest BCUT2D eigenvalue weighted by Crippen LogP contribution is -2.55. The first-order valence-electron chi connectivity index (χ1n) is 4.18. The zero-order chi connectivity index (χ0) is 7.52. The molecule has 58 valence electrons. The molecule has 0 unspecified atom stereocenters. The Morgan fingerprint density at radius 2 is 1.55 bits per heavy atom. The summed E-state index contributed by atoms with van der Waals surface area (Å²) in [5.41, 5.74) is 0. The van der Waals surface area contributed by atoms with E-state index in [0.29, 0.717) is 0 Å². The molecule has 0 bridgehead atoms. The quantitative estimate of drug-likeness (QED) is 0.533. The first kappa shape index (κ1) is 6.65. The highest BCUT2D eigenvalue weighted by atomic mass is 15.5. The lowest BCUT2D eigenvalue weighted by atomic mass is 10.4. The Hall–Kier alpha value is -1.05. The van der Waals surface area contributed by atoms with Crippen LogP contribution in [0.1, 0.15) is 12.8 Å². The molecule has 0 atom stereocenters. The topological polar surface area (TPSA) is 7.12 Å². The standard InChI is InChI=1S/C9H13N2/c1-2-6-10(7-3-1)11-8-4-5-9-11/h1-3,6-7H,4-5,8-9H2/q+1. The van der Waals surface area contributed by atoms with Gasteiger partial charge >= 0.3 is 0 Å². The summed E-state index contributed by atoms with van der Waals surface area (Å²) in [6.07, 6.45) is 6.88. The van der Waals surface area contributed by atoms with Crippen molar-refractivity contribution in [2.75, 3.05) is 18.1 Å². The zero-order valence-electron chi connectivity index (χ0n) is 6.61. The molecular formula is C9H13N2+. The monoisotopic (exact) mass is 149 g/mol. The summed E-state index contributed by atoms with van der Waals surface area (Å²) >= 11 is 0. The third-order valence-electron chi connectivity index (χ3n) is 2.11. The fraction of sp³-hybridized carbons (Fsp3) is 0.444. The van der Waals surface area contributed by atoms with Crippen LogP contribution in [0.2, 0.25) is 0 Å². The number of rotatable bonds is 1. The number of hydrogen-bond acceptors (Lipinski definition) is 1. The van der Waals surface area contributed by atoms with Crippen LogP contribution in [0.15, 0.2) is 30.6 Å². The maximum atomic E-state index is 2.36. The Bertz CT molecular complexity index is 214. The van der Waals surface area contributed by atoms with E-state index in [1.165, 1.54) is 25.9 Å². The van der Waals surface area contributed by atoms with Crippen LogP contribution < -0.4 is 9.69 Å².